The number of rotatable bonds is 4. The van der Waals surface area contributed by atoms with E-state index in [0.29, 0.717) is 11.5 Å². The largest absolute Gasteiger partial charge is 0.454 e. The van der Waals surface area contributed by atoms with E-state index in [9.17, 15) is 8.42 Å². The fourth-order valence-electron chi connectivity index (χ4n) is 1.55. The fraction of sp³-hybridized carbons (Fsp3) is 0.154. The van der Waals surface area contributed by atoms with Crippen LogP contribution in [0.2, 0.25) is 0 Å². The first kappa shape index (κ1) is 14.3. The van der Waals surface area contributed by atoms with Crippen molar-refractivity contribution >= 4 is 15.7 Å². The lowest BCUT2D eigenvalue weighted by Crippen LogP contribution is -2.18. The standard InChI is InChI=1S/C13H15N3O3S/c1-9-3-4-10(8-16-9)19-13-6-5-11(7-12(13)14)20(17,18)15-2/h3-8,15H,14H2,1-2H3. The lowest BCUT2D eigenvalue weighted by molar-refractivity contribution is 0.482. The normalized spacial score (nSPS) is 11.3. The van der Waals surface area contributed by atoms with E-state index in [4.69, 9.17) is 10.5 Å². The summed E-state index contributed by atoms with van der Waals surface area (Å²) in [7, 11) is -2.17. The van der Waals surface area contributed by atoms with E-state index < -0.39 is 10.0 Å². The van der Waals surface area contributed by atoms with Crippen LogP contribution in [0, 0.1) is 6.92 Å². The van der Waals surface area contributed by atoms with Crippen molar-refractivity contribution in [1.82, 2.24) is 9.71 Å². The minimum absolute atomic E-state index is 0.0897. The highest BCUT2D eigenvalue weighted by Gasteiger charge is 2.13. The van der Waals surface area contributed by atoms with E-state index in [2.05, 4.69) is 9.71 Å². The summed E-state index contributed by atoms with van der Waals surface area (Å²) >= 11 is 0. The Bertz CT molecular complexity index is 712. The first-order valence-electron chi connectivity index (χ1n) is 5.86. The summed E-state index contributed by atoms with van der Waals surface area (Å²) < 4.78 is 31.1. The second-order valence-electron chi connectivity index (χ2n) is 4.14. The number of nitrogens with zero attached hydrogens (tertiary/aromatic N) is 1. The van der Waals surface area contributed by atoms with Crippen molar-refractivity contribution < 1.29 is 13.2 Å². The monoisotopic (exact) mass is 293 g/mol. The number of hydrogen-bond donors (Lipinski definition) is 2. The summed E-state index contributed by atoms with van der Waals surface area (Å²) in [5, 5.41) is 0. The van der Waals surface area contributed by atoms with Gasteiger partial charge in [0.15, 0.2) is 0 Å². The summed E-state index contributed by atoms with van der Waals surface area (Å²) in [5.74, 6) is 0.914. The Morgan fingerprint density at radius 1 is 1.25 bits per heavy atom. The van der Waals surface area contributed by atoms with Crippen molar-refractivity contribution in [3.63, 3.8) is 0 Å². The van der Waals surface area contributed by atoms with Crippen molar-refractivity contribution in [3.05, 3.63) is 42.2 Å². The van der Waals surface area contributed by atoms with Gasteiger partial charge >= 0.3 is 0 Å². The Labute approximate surface area is 117 Å². The summed E-state index contributed by atoms with van der Waals surface area (Å²) in [6, 6.07) is 7.87. The third-order valence-corrected chi connectivity index (χ3v) is 4.08. The van der Waals surface area contributed by atoms with Gasteiger partial charge in [0, 0.05) is 5.69 Å². The molecule has 0 aliphatic rings. The molecule has 7 heteroatoms. The zero-order valence-electron chi connectivity index (χ0n) is 11.1. The second kappa shape index (κ2) is 5.48. The molecule has 1 heterocycles. The van der Waals surface area contributed by atoms with Crippen molar-refractivity contribution in [2.75, 3.05) is 12.8 Å². The van der Waals surface area contributed by atoms with Crippen LogP contribution < -0.4 is 15.2 Å². The smallest absolute Gasteiger partial charge is 0.240 e. The van der Waals surface area contributed by atoms with E-state index in [1.54, 1.807) is 12.3 Å². The SMILES string of the molecule is CNS(=O)(=O)c1ccc(Oc2ccc(C)nc2)c(N)c1. The number of nitrogens with two attached hydrogens (primary N) is 1. The second-order valence-corrected chi connectivity index (χ2v) is 6.03. The minimum Gasteiger partial charge on any atom is -0.454 e. The topological polar surface area (TPSA) is 94.3 Å². The van der Waals surface area contributed by atoms with Crippen molar-refractivity contribution in [1.29, 1.82) is 0 Å². The van der Waals surface area contributed by atoms with Crippen molar-refractivity contribution in [2.24, 2.45) is 0 Å². The van der Waals surface area contributed by atoms with E-state index in [1.165, 1.54) is 25.2 Å². The summed E-state index contributed by atoms with van der Waals surface area (Å²) in [6.45, 7) is 1.87. The van der Waals surface area contributed by atoms with Gasteiger partial charge in [-0.15, -0.1) is 0 Å². The van der Waals surface area contributed by atoms with Crippen LogP contribution in [-0.4, -0.2) is 20.4 Å². The highest BCUT2D eigenvalue weighted by atomic mass is 32.2. The molecular weight excluding hydrogens is 278 g/mol. The number of ether oxygens (including phenoxy) is 1. The van der Waals surface area contributed by atoms with Crippen LogP contribution >= 0.6 is 0 Å². The zero-order valence-corrected chi connectivity index (χ0v) is 11.9. The molecular formula is C13H15N3O3S. The van der Waals surface area contributed by atoms with Gasteiger partial charge in [-0.25, -0.2) is 13.1 Å². The Morgan fingerprint density at radius 2 is 2.00 bits per heavy atom. The third kappa shape index (κ3) is 3.06. The molecule has 1 aromatic carbocycles. The third-order valence-electron chi connectivity index (χ3n) is 2.67. The number of nitrogen functional groups attached to an aromatic ring is 1. The predicted molar refractivity (Wildman–Crippen MR) is 76.1 cm³/mol. The van der Waals surface area contributed by atoms with Gasteiger partial charge in [-0.3, -0.25) is 4.98 Å². The number of anilines is 1. The number of nitrogens with one attached hydrogen (secondary N) is 1. The molecule has 0 unspecified atom stereocenters. The van der Waals surface area contributed by atoms with Crippen LogP contribution in [0.25, 0.3) is 0 Å². The highest BCUT2D eigenvalue weighted by Crippen LogP contribution is 2.29. The molecule has 0 aliphatic carbocycles. The van der Waals surface area contributed by atoms with Crippen LogP contribution in [0.3, 0.4) is 0 Å². The van der Waals surface area contributed by atoms with Crippen LogP contribution in [0.15, 0.2) is 41.4 Å². The molecule has 0 saturated heterocycles. The maximum atomic E-state index is 11.6. The molecule has 0 bridgehead atoms. The van der Waals surface area contributed by atoms with Crippen molar-refractivity contribution in [3.8, 4) is 11.5 Å². The van der Waals surface area contributed by atoms with E-state index >= 15 is 0 Å². The van der Waals surface area contributed by atoms with Crippen LogP contribution in [0.1, 0.15) is 5.69 Å². The molecule has 0 aliphatic heterocycles. The number of aryl methyl sites for hydroxylation is 1. The summed E-state index contributed by atoms with van der Waals surface area (Å²) in [5.41, 5.74) is 6.93. The molecule has 1 aromatic heterocycles. The van der Waals surface area contributed by atoms with Gasteiger partial charge in [-0.1, -0.05) is 0 Å². The van der Waals surface area contributed by atoms with Crippen molar-refractivity contribution in [2.45, 2.75) is 11.8 Å². The van der Waals surface area contributed by atoms with Gasteiger partial charge in [-0.2, -0.15) is 0 Å². The molecule has 0 radical (unpaired) electrons. The van der Waals surface area contributed by atoms with Crippen LogP contribution in [0.4, 0.5) is 5.69 Å². The first-order chi connectivity index (χ1) is 9.42. The van der Waals surface area contributed by atoms with Gasteiger partial charge in [-0.05, 0) is 44.3 Å². The van der Waals surface area contributed by atoms with Gasteiger partial charge in [0.1, 0.15) is 11.5 Å². The zero-order chi connectivity index (χ0) is 14.8. The Hall–Kier alpha value is -2.12. The molecule has 0 saturated carbocycles. The summed E-state index contributed by atoms with van der Waals surface area (Å²) in [6.07, 6.45) is 1.58. The summed E-state index contributed by atoms with van der Waals surface area (Å²) in [4.78, 5) is 4.19. The minimum atomic E-state index is -3.51. The van der Waals surface area contributed by atoms with E-state index in [1.807, 2.05) is 13.0 Å². The molecule has 0 fully saturated rings. The average Bonchev–Trinajstić information content (AvgIpc) is 2.43. The Morgan fingerprint density at radius 3 is 2.55 bits per heavy atom. The molecule has 0 amide bonds. The lowest BCUT2D eigenvalue weighted by atomic mass is 10.3. The molecule has 3 N–H and O–H groups in total. The van der Waals surface area contributed by atoms with Gasteiger partial charge < -0.3 is 10.5 Å². The Kier molecular flexibility index (Phi) is 3.91. The fourth-order valence-corrected chi connectivity index (χ4v) is 2.31. The van der Waals surface area contributed by atoms with Gasteiger partial charge in [0.25, 0.3) is 0 Å². The molecule has 0 spiro atoms. The lowest BCUT2D eigenvalue weighted by Gasteiger charge is -2.10. The molecule has 2 rings (SSSR count). The van der Waals surface area contributed by atoms with Gasteiger partial charge in [0.2, 0.25) is 10.0 Å². The number of pyridine rings is 1. The molecule has 2 aromatic rings. The number of aromatic nitrogens is 1. The maximum Gasteiger partial charge on any atom is 0.240 e. The number of hydrogen-bond acceptors (Lipinski definition) is 5. The average molecular weight is 293 g/mol. The number of benzene rings is 1. The van der Waals surface area contributed by atoms with Gasteiger partial charge in [0.05, 0.1) is 16.8 Å². The van der Waals surface area contributed by atoms with E-state index in [-0.39, 0.29) is 10.6 Å². The molecule has 0 atom stereocenters. The quantitative estimate of drug-likeness (QED) is 0.836. The molecule has 20 heavy (non-hydrogen) atoms. The van der Waals surface area contributed by atoms with Crippen LogP contribution in [0.5, 0.6) is 11.5 Å². The van der Waals surface area contributed by atoms with Crippen LogP contribution in [-0.2, 0) is 10.0 Å². The molecule has 6 nitrogen and oxygen atoms in total. The predicted octanol–water partition coefficient (Wildman–Crippen LogP) is 1.67. The highest BCUT2D eigenvalue weighted by molar-refractivity contribution is 7.89. The number of sulfonamides is 1. The maximum absolute atomic E-state index is 11.6. The van der Waals surface area contributed by atoms with E-state index in [0.717, 1.165) is 5.69 Å². The molecule has 106 valence electrons. The Balaban J connectivity index is 2.29. The first-order valence-corrected chi connectivity index (χ1v) is 7.34.